The molecule has 3 unspecified atom stereocenters. The minimum absolute atomic E-state index is 0.116. The highest BCUT2D eigenvalue weighted by atomic mass is 16.4. The Kier molecular flexibility index (Phi) is 4.08. The van der Waals surface area contributed by atoms with Crippen molar-refractivity contribution < 1.29 is 14.7 Å². The molecule has 3 atom stereocenters. The van der Waals surface area contributed by atoms with Crippen molar-refractivity contribution in [2.45, 2.75) is 40.2 Å². The van der Waals surface area contributed by atoms with Gasteiger partial charge >= 0.3 is 5.97 Å². The predicted molar refractivity (Wildman–Crippen MR) is 80.8 cm³/mol. The first kappa shape index (κ1) is 15.5. The molecule has 1 amide bonds. The van der Waals surface area contributed by atoms with Gasteiger partial charge in [-0.1, -0.05) is 45.0 Å². The van der Waals surface area contributed by atoms with Crippen molar-refractivity contribution in [2.24, 2.45) is 17.3 Å². The van der Waals surface area contributed by atoms with E-state index in [2.05, 4.69) is 24.4 Å². The summed E-state index contributed by atoms with van der Waals surface area (Å²) >= 11 is 0. The van der Waals surface area contributed by atoms with E-state index in [1.54, 1.807) is 0 Å². The molecule has 0 heterocycles. The van der Waals surface area contributed by atoms with E-state index in [9.17, 15) is 9.59 Å². The fraction of sp³-hybridized carbons (Fsp3) is 0.529. The molecule has 114 valence electrons. The molecule has 0 radical (unpaired) electrons. The highest BCUT2D eigenvalue weighted by Crippen LogP contribution is 2.58. The van der Waals surface area contributed by atoms with Gasteiger partial charge in [-0.2, -0.15) is 0 Å². The SMILES string of the molecule is CCc1ccc(C(C)NC(=O)C2C(C(=O)O)C2(C)C)cc1. The van der Waals surface area contributed by atoms with Crippen molar-refractivity contribution in [3.63, 3.8) is 0 Å². The Balaban J connectivity index is 2.01. The Hall–Kier alpha value is -1.84. The van der Waals surface area contributed by atoms with E-state index < -0.39 is 23.2 Å². The maximum absolute atomic E-state index is 12.3. The Morgan fingerprint density at radius 2 is 1.81 bits per heavy atom. The molecule has 0 spiro atoms. The summed E-state index contributed by atoms with van der Waals surface area (Å²) in [5.41, 5.74) is 1.83. The number of rotatable bonds is 5. The summed E-state index contributed by atoms with van der Waals surface area (Å²) < 4.78 is 0. The average Bonchev–Trinajstić information content (AvgIpc) is 3.02. The molecule has 1 aromatic rings. The number of hydrogen-bond donors (Lipinski definition) is 2. The van der Waals surface area contributed by atoms with E-state index in [1.165, 1.54) is 5.56 Å². The fourth-order valence-electron chi connectivity index (χ4n) is 3.02. The first-order chi connectivity index (χ1) is 9.78. The summed E-state index contributed by atoms with van der Waals surface area (Å²) in [5.74, 6) is -2.07. The first-order valence-corrected chi connectivity index (χ1v) is 7.41. The van der Waals surface area contributed by atoms with Gasteiger partial charge in [0.25, 0.3) is 0 Å². The lowest BCUT2D eigenvalue weighted by Crippen LogP contribution is -2.30. The minimum Gasteiger partial charge on any atom is -0.481 e. The smallest absolute Gasteiger partial charge is 0.307 e. The van der Waals surface area contributed by atoms with Crippen LogP contribution in [0.5, 0.6) is 0 Å². The van der Waals surface area contributed by atoms with E-state index in [0.29, 0.717) is 0 Å². The number of carbonyl (C=O) groups is 2. The molecule has 0 aromatic heterocycles. The normalized spacial score (nSPS) is 24.2. The van der Waals surface area contributed by atoms with Crippen LogP contribution in [0.4, 0.5) is 0 Å². The second-order valence-electron chi connectivity index (χ2n) is 6.44. The molecule has 1 saturated carbocycles. The molecule has 4 nitrogen and oxygen atoms in total. The molecule has 0 bridgehead atoms. The van der Waals surface area contributed by atoms with Crippen LogP contribution >= 0.6 is 0 Å². The van der Waals surface area contributed by atoms with Gasteiger partial charge in [0.1, 0.15) is 0 Å². The third kappa shape index (κ3) is 2.94. The van der Waals surface area contributed by atoms with Crippen molar-refractivity contribution in [3.05, 3.63) is 35.4 Å². The molecule has 1 fully saturated rings. The third-order valence-corrected chi connectivity index (χ3v) is 4.62. The van der Waals surface area contributed by atoms with E-state index in [4.69, 9.17) is 5.11 Å². The summed E-state index contributed by atoms with van der Waals surface area (Å²) in [4.78, 5) is 23.4. The summed E-state index contributed by atoms with van der Waals surface area (Å²) in [7, 11) is 0. The van der Waals surface area contributed by atoms with Crippen molar-refractivity contribution in [2.75, 3.05) is 0 Å². The van der Waals surface area contributed by atoms with Crippen LogP contribution in [0, 0.1) is 17.3 Å². The van der Waals surface area contributed by atoms with Crippen molar-refractivity contribution in [1.29, 1.82) is 0 Å². The van der Waals surface area contributed by atoms with Gasteiger partial charge < -0.3 is 10.4 Å². The van der Waals surface area contributed by atoms with E-state index in [-0.39, 0.29) is 11.9 Å². The van der Waals surface area contributed by atoms with Gasteiger partial charge in [0.15, 0.2) is 0 Å². The highest BCUT2D eigenvalue weighted by molar-refractivity contribution is 5.91. The zero-order valence-electron chi connectivity index (χ0n) is 13.0. The van der Waals surface area contributed by atoms with Crippen LogP contribution in [-0.2, 0) is 16.0 Å². The second kappa shape index (κ2) is 5.51. The number of carbonyl (C=O) groups excluding carboxylic acids is 1. The van der Waals surface area contributed by atoms with Crippen LogP contribution in [-0.4, -0.2) is 17.0 Å². The van der Waals surface area contributed by atoms with Gasteiger partial charge in [0.2, 0.25) is 5.91 Å². The molecule has 0 saturated heterocycles. The van der Waals surface area contributed by atoms with Crippen molar-refractivity contribution in [1.82, 2.24) is 5.32 Å². The number of carboxylic acid groups (broad SMARTS) is 1. The Labute approximate surface area is 125 Å². The van der Waals surface area contributed by atoms with Gasteiger partial charge in [0.05, 0.1) is 17.9 Å². The van der Waals surface area contributed by atoms with E-state index in [0.717, 1.165) is 12.0 Å². The predicted octanol–water partition coefficient (Wildman–Crippen LogP) is 2.78. The minimum atomic E-state index is -0.889. The number of hydrogen-bond acceptors (Lipinski definition) is 2. The largest absolute Gasteiger partial charge is 0.481 e. The number of aliphatic carboxylic acids is 1. The third-order valence-electron chi connectivity index (χ3n) is 4.62. The summed E-state index contributed by atoms with van der Waals surface area (Å²) in [6, 6.07) is 8.01. The molecular formula is C17H23NO3. The number of benzene rings is 1. The van der Waals surface area contributed by atoms with Crippen LogP contribution < -0.4 is 5.32 Å². The lowest BCUT2D eigenvalue weighted by atomic mass is 10.0. The summed E-state index contributed by atoms with van der Waals surface area (Å²) in [6.07, 6.45) is 0.984. The van der Waals surface area contributed by atoms with Crippen molar-refractivity contribution in [3.8, 4) is 0 Å². The molecule has 21 heavy (non-hydrogen) atoms. The number of carboxylic acids is 1. The standard InChI is InChI=1S/C17H23NO3/c1-5-11-6-8-12(9-7-11)10(2)18-15(19)13-14(16(20)21)17(13,3)4/h6-10,13-14H,5H2,1-4H3,(H,18,19)(H,20,21). The maximum atomic E-state index is 12.3. The van der Waals surface area contributed by atoms with Crippen molar-refractivity contribution >= 4 is 11.9 Å². The highest BCUT2D eigenvalue weighted by Gasteiger charge is 2.65. The van der Waals surface area contributed by atoms with Crippen LogP contribution in [0.25, 0.3) is 0 Å². The average molecular weight is 289 g/mol. The number of aryl methyl sites for hydroxylation is 1. The monoisotopic (exact) mass is 289 g/mol. The summed E-state index contributed by atoms with van der Waals surface area (Å²) in [5, 5.41) is 12.1. The van der Waals surface area contributed by atoms with Crippen LogP contribution in [0.15, 0.2) is 24.3 Å². The number of amides is 1. The Morgan fingerprint density at radius 1 is 1.24 bits per heavy atom. The molecule has 2 N–H and O–H groups in total. The van der Waals surface area contributed by atoms with E-state index >= 15 is 0 Å². The lowest BCUT2D eigenvalue weighted by molar-refractivity contribution is -0.140. The zero-order valence-corrected chi connectivity index (χ0v) is 13.0. The Bertz CT molecular complexity index is 548. The molecule has 1 aromatic carbocycles. The second-order valence-corrected chi connectivity index (χ2v) is 6.44. The molecule has 1 aliphatic carbocycles. The zero-order chi connectivity index (χ0) is 15.8. The quantitative estimate of drug-likeness (QED) is 0.876. The molecule has 4 heteroatoms. The topological polar surface area (TPSA) is 66.4 Å². The van der Waals surface area contributed by atoms with Crippen LogP contribution in [0.3, 0.4) is 0 Å². The van der Waals surface area contributed by atoms with Gasteiger partial charge in [-0.3, -0.25) is 9.59 Å². The molecule has 1 aliphatic rings. The molecule has 0 aliphatic heterocycles. The maximum Gasteiger partial charge on any atom is 0.307 e. The Morgan fingerprint density at radius 3 is 2.24 bits per heavy atom. The van der Waals surface area contributed by atoms with Crippen LogP contribution in [0.2, 0.25) is 0 Å². The first-order valence-electron chi connectivity index (χ1n) is 7.41. The van der Waals surface area contributed by atoms with Gasteiger partial charge in [-0.15, -0.1) is 0 Å². The van der Waals surface area contributed by atoms with E-state index in [1.807, 2.05) is 32.9 Å². The van der Waals surface area contributed by atoms with Gasteiger partial charge in [-0.25, -0.2) is 0 Å². The molecular weight excluding hydrogens is 266 g/mol. The molecule has 2 rings (SSSR count). The fourth-order valence-corrected chi connectivity index (χ4v) is 3.02. The van der Waals surface area contributed by atoms with Gasteiger partial charge in [0, 0.05) is 0 Å². The lowest BCUT2D eigenvalue weighted by Gasteiger charge is -2.15. The van der Waals surface area contributed by atoms with Crippen LogP contribution in [0.1, 0.15) is 44.9 Å². The number of nitrogens with one attached hydrogen (secondary N) is 1. The van der Waals surface area contributed by atoms with Gasteiger partial charge in [-0.05, 0) is 29.9 Å². The summed E-state index contributed by atoms with van der Waals surface area (Å²) in [6.45, 7) is 7.68.